The van der Waals surface area contributed by atoms with E-state index in [1.54, 1.807) is 0 Å². The zero-order valence-corrected chi connectivity index (χ0v) is 9.25. The van der Waals surface area contributed by atoms with Crippen molar-refractivity contribution in [1.82, 2.24) is 0 Å². The minimum atomic E-state index is 0.695. The Morgan fingerprint density at radius 1 is 1.07 bits per heavy atom. The number of hydrogen-bond acceptors (Lipinski definition) is 0. The van der Waals surface area contributed by atoms with Crippen LogP contribution >= 0.6 is 11.6 Å². The first-order valence-electron chi connectivity index (χ1n) is 4.79. The maximum atomic E-state index is 6.14. The van der Waals surface area contributed by atoms with Crippen LogP contribution in [0.4, 0.5) is 0 Å². The van der Waals surface area contributed by atoms with Gasteiger partial charge in [-0.1, -0.05) is 59.0 Å². The summed E-state index contributed by atoms with van der Waals surface area (Å²) in [4.78, 5) is 0. The van der Waals surface area contributed by atoms with Gasteiger partial charge in [-0.15, -0.1) is 0 Å². The van der Waals surface area contributed by atoms with Crippen LogP contribution in [0.15, 0.2) is 42.5 Å². The quantitative estimate of drug-likeness (QED) is 0.637. The van der Waals surface area contributed by atoms with Crippen LogP contribution in [0.1, 0.15) is 5.56 Å². The van der Waals surface area contributed by atoms with Gasteiger partial charge in [0, 0.05) is 5.02 Å². The molecule has 0 atom stereocenters. The van der Waals surface area contributed by atoms with Crippen molar-refractivity contribution in [2.24, 2.45) is 0 Å². The summed E-state index contributed by atoms with van der Waals surface area (Å²) < 4.78 is 0. The number of rotatable bonds is 1. The van der Waals surface area contributed by atoms with Gasteiger partial charge in [-0.25, -0.2) is 0 Å². The van der Waals surface area contributed by atoms with Crippen LogP contribution in [0.3, 0.4) is 0 Å². The summed E-state index contributed by atoms with van der Waals surface area (Å²) in [6.07, 6.45) is 0. The summed E-state index contributed by atoms with van der Waals surface area (Å²) in [5.41, 5.74) is 3.90. The third kappa shape index (κ3) is 2.08. The van der Waals surface area contributed by atoms with Gasteiger partial charge in [0.2, 0.25) is 0 Å². The highest BCUT2D eigenvalue weighted by Gasteiger charge is 2.05. The zero-order valence-electron chi connectivity index (χ0n) is 8.50. The molecule has 0 nitrogen and oxygen atoms in total. The predicted molar refractivity (Wildman–Crippen MR) is 67.0 cm³/mol. The first kappa shape index (κ1) is 10.3. The number of aryl methyl sites for hydroxylation is 1. The molecular weight excluding hydrogens is 202 g/mol. The highest BCUT2D eigenvalue weighted by Crippen LogP contribution is 2.25. The molecule has 0 aliphatic heterocycles. The standard InChI is InChI=1S/C13H10BCl/c1-9-4-2-5-10(8-9)13-11(14)6-3-7-12(13)15/h2-8H,1H3. The first-order valence-corrected chi connectivity index (χ1v) is 5.17. The average Bonchev–Trinajstić information content (AvgIpc) is 2.17. The molecule has 2 aromatic rings. The van der Waals surface area contributed by atoms with Gasteiger partial charge in [0.15, 0.2) is 0 Å². The normalized spacial score (nSPS) is 10.3. The van der Waals surface area contributed by atoms with E-state index in [1.807, 2.05) is 30.3 Å². The molecule has 2 aromatic carbocycles. The van der Waals surface area contributed by atoms with Crippen LogP contribution in [-0.4, -0.2) is 7.85 Å². The smallest absolute Gasteiger partial charge is 0.0875 e. The van der Waals surface area contributed by atoms with Crippen molar-refractivity contribution in [3.05, 3.63) is 53.1 Å². The van der Waals surface area contributed by atoms with Crippen molar-refractivity contribution in [1.29, 1.82) is 0 Å². The second-order valence-corrected chi connectivity index (χ2v) is 3.98. The van der Waals surface area contributed by atoms with Crippen LogP contribution in [-0.2, 0) is 0 Å². The SMILES string of the molecule is [B]c1cccc(Cl)c1-c1cccc(C)c1. The summed E-state index contributed by atoms with van der Waals surface area (Å²) in [5.74, 6) is 0. The van der Waals surface area contributed by atoms with Crippen molar-refractivity contribution in [3.8, 4) is 11.1 Å². The molecule has 0 unspecified atom stereocenters. The lowest BCUT2D eigenvalue weighted by atomic mass is 9.87. The number of halogens is 1. The lowest BCUT2D eigenvalue weighted by Crippen LogP contribution is -2.06. The van der Waals surface area contributed by atoms with Crippen molar-refractivity contribution < 1.29 is 0 Å². The Morgan fingerprint density at radius 3 is 2.47 bits per heavy atom. The van der Waals surface area contributed by atoms with Gasteiger partial charge in [0.1, 0.15) is 7.85 Å². The summed E-state index contributed by atoms with van der Waals surface area (Å²) in [7, 11) is 5.92. The molecule has 0 aliphatic carbocycles. The van der Waals surface area contributed by atoms with Crippen LogP contribution < -0.4 is 5.46 Å². The lowest BCUT2D eigenvalue weighted by Gasteiger charge is -2.09. The summed E-state index contributed by atoms with van der Waals surface area (Å²) in [6, 6.07) is 13.7. The van der Waals surface area contributed by atoms with E-state index in [9.17, 15) is 0 Å². The minimum absolute atomic E-state index is 0.695. The maximum Gasteiger partial charge on any atom is 0.114 e. The van der Waals surface area contributed by atoms with Gasteiger partial charge >= 0.3 is 0 Å². The van der Waals surface area contributed by atoms with Crippen molar-refractivity contribution in [2.75, 3.05) is 0 Å². The molecule has 0 saturated carbocycles. The average molecular weight is 212 g/mol. The fraction of sp³-hybridized carbons (Fsp3) is 0.0769. The van der Waals surface area contributed by atoms with Crippen molar-refractivity contribution in [3.63, 3.8) is 0 Å². The molecule has 0 saturated heterocycles. The second-order valence-electron chi connectivity index (χ2n) is 3.57. The third-order valence-corrected chi connectivity index (χ3v) is 2.67. The first-order chi connectivity index (χ1) is 7.18. The Hall–Kier alpha value is -1.21. The Labute approximate surface area is 96.3 Å². The molecule has 0 aromatic heterocycles. The molecule has 0 heterocycles. The van der Waals surface area contributed by atoms with E-state index < -0.39 is 0 Å². The van der Waals surface area contributed by atoms with E-state index in [0.717, 1.165) is 11.1 Å². The number of benzene rings is 2. The van der Waals surface area contributed by atoms with Crippen LogP contribution in [0.5, 0.6) is 0 Å². The molecule has 15 heavy (non-hydrogen) atoms. The minimum Gasteiger partial charge on any atom is -0.0875 e. The zero-order chi connectivity index (χ0) is 10.8. The molecule has 2 heteroatoms. The maximum absolute atomic E-state index is 6.14. The van der Waals surface area contributed by atoms with Gasteiger partial charge in [0.25, 0.3) is 0 Å². The van der Waals surface area contributed by atoms with E-state index in [4.69, 9.17) is 19.4 Å². The summed E-state index contributed by atoms with van der Waals surface area (Å²) in [6.45, 7) is 2.05. The number of hydrogen-bond donors (Lipinski definition) is 0. The van der Waals surface area contributed by atoms with E-state index in [2.05, 4.69) is 19.1 Å². The van der Waals surface area contributed by atoms with Crippen molar-refractivity contribution in [2.45, 2.75) is 6.92 Å². The summed E-state index contributed by atoms with van der Waals surface area (Å²) >= 11 is 6.14. The summed E-state index contributed by atoms with van der Waals surface area (Å²) in [5, 5.41) is 0.695. The molecular formula is C13H10BCl. The van der Waals surface area contributed by atoms with Gasteiger partial charge in [0.05, 0.1) is 0 Å². The molecule has 0 aliphatic rings. The van der Waals surface area contributed by atoms with Crippen LogP contribution in [0, 0.1) is 6.92 Å². The van der Waals surface area contributed by atoms with Crippen LogP contribution in [0.2, 0.25) is 5.02 Å². The molecule has 2 radical (unpaired) electrons. The molecule has 2 rings (SSSR count). The largest absolute Gasteiger partial charge is 0.114 e. The predicted octanol–water partition coefficient (Wildman–Crippen LogP) is 3.11. The Kier molecular flexibility index (Phi) is 2.83. The van der Waals surface area contributed by atoms with Crippen LogP contribution in [0.25, 0.3) is 11.1 Å². The lowest BCUT2D eigenvalue weighted by molar-refractivity contribution is 1.47. The molecule has 0 N–H and O–H groups in total. The van der Waals surface area contributed by atoms with E-state index in [1.165, 1.54) is 5.56 Å². The van der Waals surface area contributed by atoms with E-state index in [-0.39, 0.29) is 0 Å². The van der Waals surface area contributed by atoms with Gasteiger partial charge in [-0.3, -0.25) is 0 Å². The topological polar surface area (TPSA) is 0 Å². The Bertz CT molecular complexity index is 471. The highest BCUT2D eigenvalue weighted by molar-refractivity contribution is 6.41. The van der Waals surface area contributed by atoms with Crippen molar-refractivity contribution >= 4 is 24.9 Å². The highest BCUT2D eigenvalue weighted by atomic mass is 35.5. The van der Waals surface area contributed by atoms with Gasteiger partial charge in [-0.2, -0.15) is 0 Å². The van der Waals surface area contributed by atoms with E-state index >= 15 is 0 Å². The fourth-order valence-corrected chi connectivity index (χ4v) is 1.94. The molecule has 0 spiro atoms. The second kappa shape index (κ2) is 4.12. The van der Waals surface area contributed by atoms with Gasteiger partial charge < -0.3 is 0 Å². The monoisotopic (exact) mass is 212 g/mol. The van der Waals surface area contributed by atoms with Gasteiger partial charge in [-0.05, 0) is 24.1 Å². The molecule has 72 valence electrons. The molecule has 0 fully saturated rings. The molecule has 0 bridgehead atoms. The Balaban J connectivity index is 2.63. The van der Waals surface area contributed by atoms with E-state index in [0.29, 0.717) is 10.5 Å². The molecule has 0 amide bonds. The fourth-order valence-electron chi connectivity index (χ4n) is 1.65. The third-order valence-electron chi connectivity index (χ3n) is 2.35. The Morgan fingerprint density at radius 2 is 1.80 bits per heavy atom.